The average Bonchev–Trinajstić information content (AvgIpc) is 2.73. The van der Waals surface area contributed by atoms with Crippen molar-refractivity contribution in [3.05, 3.63) is 0 Å². The van der Waals surface area contributed by atoms with Gasteiger partial charge in [-0.25, -0.2) is 9.59 Å². The highest BCUT2D eigenvalue weighted by Gasteiger charge is 2.30. The van der Waals surface area contributed by atoms with Crippen LogP contribution in [-0.2, 0) is 4.79 Å². The molecule has 0 aromatic rings. The summed E-state index contributed by atoms with van der Waals surface area (Å²) in [6.07, 6.45) is 0.930. The lowest BCUT2D eigenvalue weighted by Crippen LogP contribution is -2.50. The molecule has 0 bridgehead atoms. The van der Waals surface area contributed by atoms with Crippen molar-refractivity contribution in [3.8, 4) is 0 Å². The second-order valence-corrected chi connectivity index (χ2v) is 5.36. The molecular weight excluding hydrogens is 234 g/mol. The van der Waals surface area contributed by atoms with Gasteiger partial charge in [0.05, 0.1) is 0 Å². The van der Waals surface area contributed by atoms with E-state index in [0.717, 1.165) is 6.42 Å². The number of urea groups is 1. The van der Waals surface area contributed by atoms with E-state index in [1.807, 2.05) is 14.1 Å². The average molecular weight is 257 g/mol. The van der Waals surface area contributed by atoms with Gasteiger partial charge in [-0.05, 0) is 26.4 Å². The van der Waals surface area contributed by atoms with E-state index in [1.165, 1.54) is 0 Å². The summed E-state index contributed by atoms with van der Waals surface area (Å²) in [6, 6.07) is -0.741. The second kappa shape index (κ2) is 6.04. The molecule has 2 atom stereocenters. The van der Waals surface area contributed by atoms with Gasteiger partial charge in [0.2, 0.25) is 0 Å². The molecule has 1 heterocycles. The lowest BCUT2D eigenvalue weighted by atomic mass is 10.1. The van der Waals surface area contributed by atoms with Crippen LogP contribution < -0.4 is 5.32 Å². The predicted molar refractivity (Wildman–Crippen MR) is 68.5 cm³/mol. The number of likely N-dealkylation sites (N-methyl/N-ethyl adjacent to an activating group) is 1. The van der Waals surface area contributed by atoms with Crippen LogP contribution in [0.5, 0.6) is 0 Å². The number of carbonyl (C=O) groups is 2. The van der Waals surface area contributed by atoms with Crippen LogP contribution in [0.4, 0.5) is 4.79 Å². The molecule has 2 N–H and O–H groups in total. The Morgan fingerprint density at radius 2 is 2.00 bits per heavy atom. The van der Waals surface area contributed by atoms with Crippen LogP contribution in [0.3, 0.4) is 0 Å². The number of carboxylic acids is 1. The summed E-state index contributed by atoms with van der Waals surface area (Å²) in [5.41, 5.74) is 0. The van der Waals surface area contributed by atoms with Crippen LogP contribution in [0.1, 0.15) is 20.3 Å². The van der Waals surface area contributed by atoms with Gasteiger partial charge in [-0.15, -0.1) is 0 Å². The van der Waals surface area contributed by atoms with E-state index in [9.17, 15) is 9.59 Å². The first-order chi connectivity index (χ1) is 8.32. The molecule has 1 saturated heterocycles. The number of amides is 2. The maximum Gasteiger partial charge on any atom is 0.326 e. The normalized spacial score (nSPS) is 21.4. The van der Waals surface area contributed by atoms with Crippen LogP contribution in [-0.4, -0.2) is 66.2 Å². The summed E-state index contributed by atoms with van der Waals surface area (Å²) in [4.78, 5) is 26.8. The lowest BCUT2D eigenvalue weighted by molar-refractivity contribution is -0.140. The van der Waals surface area contributed by atoms with Crippen molar-refractivity contribution >= 4 is 12.0 Å². The SMILES string of the molecule is CC(C)[C@@H](NC(=O)N1CCC(N(C)C)C1)C(=O)O. The number of hydrogen-bond donors (Lipinski definition) is 2. The quantitative estimate of drug-likeness (QED) is 0.766. The predicted octanol–water partition coefficient (Wildman–Crippen LogP) is 0.441. The molecule has 0 aromatic carbocycles. The number of rotatable bonds is 4. The monoisotopic (exact) mass is 257 g/mol. The zero-order chi connectivity index (χ0) is 13.9. The molecule has 1 aliphatic heterocycles. The molecule has 1 aliphatic rings. The first kappa shape index (κ1) is 14.8. The summed E-state index contributed by atoms with van der Waals surface area (Å²) in [5.74, 6) is -1.11. The van der Waals surface area contributed by atoms with E-state index < -0.39 is 12.0 Å². The van der Waals surface area contributed by atoms with Gasteiger partial charge in [0, 0.05) is 19.1 Å². The molecule has 1 rings (SSSR count). The van der Waals surface area contributed by atoms with E-state index in [-0.39, 0.29) is 11.9 Å². The molecule has 0 aliphatic carbocycles. The minimum Gasteiger partial charge on any atom is -0.480 e. The number of hydrogen-bond acceptors (Lipinski definition) is 3. The molecule has 0 spiro atoms. The van der Waals surface area contributed by atoms with Crippen molar-refractivity contribution in [2.75, 3.05) is 27.2 Å². The molecule has 0 saturated carbocycles. The summed E-state index contributed by atoms with van der Waals surface area (Å²) < 4.78 is 0. The molecule has 1 fully saturated rings. The Hall–Kier alpha value is -1.30. The third kappa shape index (κ3) is 3.60. The van der Waals surface area contributed by atoms with Crippen molar-refractivity contribution in [1.29, 1.82) is 0 Å². The van der Waals surface area contributed by atoms with Crippen molar-refractivity contribution in [2.45, 2.75) is 32.4 Å². The van der Waals surface area contributed by atoms with E-state index in [4.69, 9.17) is 5.11 Å². The third-order valence-corrected chi connectivity index (χ3v) is 3.39. The molecule has 18 heavy (non-hydrogen) atoms. The van der Waals surface area contributed by atoms with Gasteiger partial charge >= 0.3 is 12.0 Å². The maximum absolute atomic E-state index is 12.0. The Balaban J connectivity index is 2.53. The lowest BCUT2D eigenvalue weighted by Gasteiger charge is -2.24. The topological polar surface area (TPSA) is 72.9 Å². The zero-order valence-electron chi connectivity index (χ0n) is 11.5. The van der Waals surface area contributed by atoms with Gasteiger partial charge in [0.15, 0.2) is 0 Å². The highest BCUT2D eigenvalue weighted by Crippen LogP contribution is 2.13. The van der Waals surface area contributed by atoms with Gasteiger partial charge in [-0.3, -0.25) is 0 Å². The van der Waals surface area contributed by atoms with Crippen LogP contribution in [0.25, 0.3) is 0 Å². The minimum absolute atomic E-state index is 0.126. The number of carboxylic acid groups (broad SMARTS) is 1. The van der Waals surface area contributed by atoms with E-state index in [1.54, 1.807) is 18.7 Å². The fourth-order valence-electron chi connectivity index (χ4n) is 2.09. The zero-order valence-corrected chi connectivity index (χ0v) is 11.5. The standard InChI is InChI=1S/C12H23N3O3/c1-8(2)10(11(16)17)13-12(18)15-6-5-9(7-15)14(3)4/h8-10H,5-7H2,1-4H3,(H,13,18)(H,16,17)/t9?,10-/m1/s1. The van der Waals surface area contributed by atoms with E-state index >= 15 is 0 Å². The van der Waals surface area contributed by atoms with Gasteiger partial charge in [-0.2, -0.15) is 0 Å². The number of aliphatic carboxylic acids is 1. The van der Waals surface area contributed by atoms with Crippen LogP contribution in [0, 0.1) is 5.92 Å². The number of nitrogens with one attached hydrogen (secondary N) is 1. The van der Waals surface area contributed by atoms with Crippen molar-refractivity contribution < 1.29 is 14.7 Å². The highest BCUT2D eigenvalue weighted by atomic mass is 16.4. The van der Waals surface area contributed by atoms with Crippen molar-refractivity contribution in [2.24, 2.45) is 5.92 Å². The number of likely N-dealkylation sites (tertiary alicyclic amines) is 1. The Kier molecular flexibility index (Phi) is 4.95. The molecule has 104 valence electrons. The largest absolute Gasteiger partial charge is 0.480 e. The van der Waals surface area contributed by atoms with E-state index in [2.05, 4.69) is 10.2 Å². The minimum atomic E-state index is -0.985. The molecule has 0 radical (unpaired) electrons. The fourth-order valence-corrected chi connectivity index (χ4v) is 2.09. The third-order valence-electron chi connectivity index (χ3n) is 3.39. The Bertz CT molecular complexity index is 318. The number of carbonyl (C=O) groups excluding carboxylic acids is 1. The summed E-state index contributed by atoms with van der Waals surface area (Å²) in [6.45, 7) is 4.90. The molecule has 6 nitrogen and oxygen atoms in total. The second-order valence-electron chi connectivity index (χ2n) is 5.36. The first-order valence-electron chi connectivity index (χ1n) is 6.27. The Morgan fingerprint density at radius 3 is 2.39 bits per heavy atom. The number of nitrogens with zero attached hydrogens (tertiary/aromatic N) is 2. The Morgan fingerprint density at radius 1 is 1.39 bits per heavy atom. The van der Waals surface area contributed by atoms with Gasteiger partial charge in [0.1, 0.15) is 6.04 Å². The summed E-state index contributed by atoms with van der Waals surface area (Å²) in [5, 5.41) is 11.6. The smallest absolute Gasteiger partial charge is 0.326 e. The molecule has 0 aromatic heterocycles. The molecule has 1 unspecified atom stereocenters. The van der Waals surface area contributed by atoms with Crippen LogP contribution >= 0.6 is 0 Å². The molecular formula is C12H23N3O3. The summed E-state index contributed by atoms with van der Waals surface area (Å²) in [7, 11) is 3.97. The van der Waals surface area contributed by atoms with Crippen LogP contribution in [0.2, 0.25) is 0 Å². The van der Waals surface area contributed by atoms with E-state index in [0.29, 0.717) is 19.1 Å². The first-order valence-corrected chi connectivity index (χ1v) is 6.27. The molecule has 2 amide bonds. The summed E-state index contributed by atoms with van der Waals surface area (Å²) >= 11 is 0. The van der Waals surface area contributed by atoms with Crippen molar-refractivity contribution in [3.63, 3.8) is 0 Å². The Labute approximate surface area is 108 Å². The highest BCUT2D eigenvalue weighted by molar-refractivity contribution is 5.82. The van der Waals surface area contributed by atoms with Crippen LogP contribution in [0.15, 0.2) is 0 Å². The van der Waals surface area contributed by atoms with Gasteiger partial charge in [0.25, 0.3) is 0 Å². The maximum atomic E-state index is 12.0. The molecule has 6 heteroatoms. The van der Waals surface area contributed by atoms with Gasteiger partial charge < -0.3 is 20.2 Å². The van der Waals surface area contributed by atoms with Gasteiger partial charge in [-0.1, -0.05) is 13.8 Å². The fraction of sp³-hybridized carbons (Fsp3) is 0.833. The van der Waals surface area contributed by atoms with Crippen molar-refractivity contribution in [1.82, 2.24) is 15.1 Å².